The Morgan fingerprint density at radius 3 is 2.74 bits per heavy atom. The van der Waals surface area contributed by atoms with Crippen LogP contribution < -0.4 is 20.1 Å². The van der Waals surface area contributed by atoms with Gasteiger partial charge in [-0.05, 0) is 31.0 Å². The van der Waals surface area contributed by atoms with Crippen molar-refractivity contribution in [3.05, 3.63) is 33.4 Å². The number of nitrogens with one attached hydrogen (secondary N) is 2. The van der Waals surface area contributed by atoms with Gasteiger partial charge in [0.25, 0.3) is 0 Å². The number of carbonyl (C=O) groups excluding carboxylic acids is 2. The SMILES string of the molecule is CCCCCCOC(=O)C1=C(C)NC(=O)NC1c1cc2c(cc1Br)OCO2. The first-order valence-electron chi connectivity index (χ1n) is 9.05. The molecule has 2 aliphatic rings. The Hall–Kier alpha value is -2.22. The predicted molar refractivity (Wildman–Crippen MR) is 102 cm³/mol. The van der Waals surface area contributed by atoms with Crippen LogP contribution in [0.5, 0.6) is 11.5 Å². The van der Waals surface area contributed by atoms with Crippen LogP contribution in [0.1, 0.15) is 51.1 Å². The zero-order valence-electron chi connectivity index (χ0n) is 15.4. The van der Waals surface area contributed by atoms with Crippen LogP contribution in [0.2, 0.25) is 0 Å². The Bertz CT molecular complexity index is 778. The van der Waals surface area contributed by atoms with E-state index in [1.807, 2.05) is 0 Å². The molecule has 2 aliphatic heterocycles. The van der Waals surface area contributed by atoms with Crippen molar-refractivity contribution in [1.82, 2.24) is 10.6 Å². The van der Waals surface area contributed by atoms with Crippen molar-refractivity contribution < 1.29 is 23.8 Å². The van der Waals surface area contributed by atoms with Gasteiger partial charge in [0.1, 0.15) is 0 Å². The summed E-state index contributed by atoms with van der Waals surface area (Å²) >= 11 is 3.50. The molecule has 0 bridgehead atoms. The third kappa shape index (κ3) is 4.37. The Labute approximate surface area is 166 Å². The fourth-order valence-electron chi connectivity index (χ4n) is 3.12. The van der Waals surface area contributed by atoms with Gasteiger partial charge >= 0.3 is 12.0 Å². The molecule has 1 aromatic carbocycles. The number of rotatable bonds is 7. The number of carbonyl (C=O) groups is 2. The van der Waals surface area contributed by atoms with E-state index in [9.17, 15) is 9.59 Å². The minimum atomic E-state index is -0.647. The monoisotopic (exact) mass is 438 g/mol. The van der Waals surface area contributed by atoms with E-state index in [1.54, 1.807) is 19.1 Å². The zero-order valence-corrected chi connectivity index (χ0v) is 17.0. The van der Waals surface area contributed by atoms with Crippen molar-refractivity contribution in [1.29, 1.82) is 0 Å². The third-order valence-corrected chi connectivity index (χ3v) is 5.21. The number of benzene rings is 1. The molecule has 8 heteroatoms. The molecule has 1 aromatic rings. The van der Waals surface area contributed by atoms with Gasteiger partial charge in [0, 0.05) is 10.2 Å². The van der Waals surface area contributed by atoms with Crippen molar-refractivity contribution in [3.63, 3.8) is 0 Å². The van der Waals surface area contributed by atoms with Crippen LogP contribution in [0.25, 0.3) is 0 Å². The second kappa shape index (κ2) is 8.65. The van der Waals surface area contributed by atoms with E-state index in [0.29, 0.717) is 39.4 Å². The summed E-state index contributed by atoms with van der Waals surface area (Å²) in [4.78, 5) is 24.8. The number of halogens is 1. The molecule has 0 saturated carbocycles. The van der Waals surface area contributed by atoms with Gasteiger partial charge in [-0.15, -0.1) is 0 Å². The predicted octanol–water partition coefficient (Wildman–Crippen LogP) is 3.93. The van der Waals surface area contributed by atoms with E-state index in [0.717, 1.165) is 25.7 Å². The number of fused-ring (bicyclic) bond motifs is 1. The molecule has 2 heterocycles. The van der Waals surface area contributed by atoms with Crippen LogP contribution in [0.4, 0.5) is 4.79 Å². The minimum Gasteiger partial charge on any atom is -0.462 e. The van der Waals surface area contributed by atoms with E-state index in [-0.39, 0.29) is 12.8 Å². The zero-order chi connectivity index (χ0) is 19.4. The van der Waals surface area contributed by atoms with E-state index >= 15 is 0 Å². The molecule has 0 spiro atoms. The molecule has 27 heavy (non-hydrogen) atoms. The Morgan fingerprint density at radius 2 is 2.00 bits per heavy atom. The summed E-state index contributed by atoms with van der Waals surface area (Å²) in [5, 5.41) is 5.45. The van der Waals surface area contributed by atoms with Crippen molar-refractivity contribution in [3.8, 4) is 11.5 Å². The molecular weight excluding hydrogens is 416 g/mol. The van der Waals surface area contributed by atoms with E-state index in [1.165, 1.54) is 0 Å². The number of urea groups is 1. The Balaban J connectivity index is 1.83. The molecule has 0 radical (unpaired) electrons. The van der Waals surface area contributed by atoms with Gasteiger partial charge in [0.05, 0.1) is 18.2 Å². The van der Waals surface area contributed by atoms with Gasteiger partial charge in [0.2, 0.25) is 6.79 Å². The van der Waals surface area contributed by atoms with Crippen LogP contribution in [-0.4, -0.2) is 25.4 Å². The number of allylic oxidation sites excluding steroid dienone is 1. The summed E-state index contributed by atoms with van der Waals surface area (Å²) in [6.07, 6.45) is 4.08. The van der Waals surface area contributed by atoms with Gasteiger partial charge in [0.15, 0.2) is 11.5 Å². The van der Waals surface area contributed by atoms with Crippen LogP contribution in [-0.2, 0) is 9.53 Å². The van der Waals surface area contributed by atoms with Gasteiger partial charge in [-0.3, -0.25) is 0 Å². The van der Waals surface area contributed by atoms with Gasteiger partial charge in [-0.2, -0.15) is 0 Å². The average Bonchev–Trinajstić information content (AvgIpc) is 3.07. The highest BCUT2D eigenvalue weighted by molar-refractivity contribution is 9.10. The summed E-state index contributed by atoms with van der Waals surface area (Å²) in [5.41, 5.74) is 1.56. The topological polar surface area (TPSA) is 85.9 Å². The number of amides is 2. The van der Waals surface area contributed by atoms with Crippen LogP contribution in [0, 0.1) is 0 Å². The summed E-state index contributed by atoms with van der Waals surface area (Å²) in [6.45, 7) is 4.33. The number of unbranched alkanes of at least 4 members (excludes halogenated alkanes) is 3. The standard InChI is InChI=1S/C19H23BrN2O5/c1-3-4-5-6-7-25-18(23)16-11(2)21-19(24)22-17(16)12-8-14-15(9-13(12)20)27-10-26-14/h8-9,17H,3-7,10H2,1-2H3,(H2,21,22,24). The first-order chi connectivity index (χ1) is 13.0. The first-order valence-corrected chi connectivity index (χ1v) is 9.85. The lowest BCUT2D eigenvalue weighted by molar-refractivity contribution is -0.139. The van der Waals surface area contributed by atoms with Crippen molar-refractivity contribution in [2.24, 2.45) is 0 Å². The average molecular weight is 439 g/mol. The lowest BCUT2D eigenvalue weighted by Crippen LogP contribution is -2.45. The first kappa shape index (κ1) is 19.5. The fourth-order valence-corrected chi connectivity index (χ4v) is 3.67. The molecule has 0 saturated heterocycles. The summed E-state index contributed by atoms with van der Waals surface area (Å²) in [6, 6.07) is 2.52. The van der Waals surface area contributed by atoms with Crippen LogP contribution >= 0.6 is 15.9 Å². The van der Waals surface area contributed by atoms with E-state index < -0.39 is 12.0 Å². The largest absolute Gasteiger partial charge is 0.462 e. The number of ether oxygens (including phenoxy) is 3. The molecule has 0 aromatic heterocycles. The lowest BCUT2D eigenvalue weighted by atomic mass is 9.95. The molecule has 0 fully saturated rings. The summed E-state index contributed by atoms with van der Waals surface area (Å²) in [5.74, 6) is 0.753. The number of hydrogen-bond acceptors (Lipinski definition) is 5. The van der Waals surface area contributed by atoms with Gasteiger partial charge < -0.3 is 24.8 Å². The third-order valence-electron chi connectivity index (χ3n) is 4.52. The molecule has 2 amide bonds. The molecule has 7 nitrogen and oxygen atoms in total. The van der Waals surface area contributed by atoms with E-state index in [4.69, 9.17) is 14.2 Å². The molecule has 1 atom stereocenters. The second-order valence-electron chi connectivity index (χ2n) is 6.49. The summed E-state index contributed by atoms with van der Waals surface area (Å²) < 4.78 is 17.0. The fraction of sp³-hybridized carbons (Fsp3) is 0.474. The highest BCUT2D eigenvalue weighted by Crippen LogP contribution is 2.41. The Morgan fingerprint density at radius 1 is 1.26 bits per heavy atom. The Kier molecular flexibility index (Phi) is 6.26. The second-order valence-corrected chi connectivity index (χ2v) is 7.35. The maximum Gasteiger partial charge on any atom is 0.338 e. The molecule has 1 unspecified atom stereocenters. The van der Waals surface area contributed by atoms with E-state index in [2.05, 4.69) is 33.5 Å². The smallest absolute Gasteiger partial charge is 0.338 e. The van der Waals surface area contributed by atoms with Crippen molar-refractivity contribution in [2.75, 3.05) is 13.4 Å². The molecule has 0 aliphatic carbocycles. The highest BCUT2D eigenvalue weighted by atomic mass is 79.9. The molecule has 3 rings (SSSR count). The summed E-state index contributed by atoms with van der Waals surface area (Å²) in [7, 11) is 0. The lowest BCUT2D eigenvalue weighted by Gasteiger charge is -2.29. The molecule has 2 N–H and O–H groups in total. The maximum atomic E-state index is 12.7. The number of esters is 1. The minimum absolute atomic E-state index is 0.144. The maximum absolute atomic E-state index is 12.7. The van der Waals surface area contributed by atoms with Crippen LogP contribution in [0.15, 0.2) is 27.9 Å². The van der Waals surface area contributed by atoms with Gasteiger partial charge in [-0.25, -0.2) is 9.59 Å². The van der Waals surface area contributed by atoms with Crippen LogP contribution in [0.3, 0.4) is 0 Å². The molecular formula is C19H23BrN2O5. The number of hydrogen-bond donors (Lipinski definition) is 2. The van der Waals surface area contributed by atoms with Crippen molar-refractivity contribution in [2.45, 2.75) is 45.6 Å². The highest BCUT2D eigenvalue weighted by Gasteiger charge is 2.34. The van der Waals surface area contributed by atoms with Gasteiger partial charge in [-0.1, -0.05) is 42.1 Å². The van der Waals surface area contributed by atoms with Crippen molar-refractivity contribution >= 4 is 27.9 Å². The quantitative estimate of drug-likeness (QED) is 0.497. The molecule has 146 valence electrons. The normalized spacial score (nSPS) is 18.2.